The largest absolute Gasteiger partial charge is 0.338 e. The fourth-order valence-electron chi connectivity index (χ4n) is 3.50. The Morgan fingerprint density at radius 2 is 1.76 bits per heavy atom. The predicted molar refractivity (Wildman–Crippen MR) is 94.4 cm³/mol. The number of rotatable bonds is 4. The van der Waals surface area contributed by atoms with Crippen molar-refractivity contribution in [2.75, 3.05) is 44.2 Å². The van der Waals surface area contributed by atoms with Gasteiger partial charge in [0.15, 0.2) is 0 Å². The molecule has 0 aromatic carbocycles. The number of piperazine rings is 1. The maximum atomic E-state index is 11.7. The number of nitrogens with zero attached hydrogens (tertiary/aromatic N) is 7. The molecule has 2 aliphatic rings. The SMILES string of the molecule is Cn1c(CN2CC(N3CCN(c4ncccn4)CC3)C2)nccc1=O. The van der Waals surface area contributed by atoms with Crippen molar-refractivity contribution in [3.63, 3.8) is 0 Å². The Morgan fingerprint density at radius 1 is 1.04 bits per heavy atom. The second-order valence-electron chi connectivity index (χ2n) is 6.68. The molecule has 132 valence electrons. The monoisotopic (exact) mass is 341 g/mol. The zero-order chi connectivity index (χ0) is 17.2. The van der Waals surface area contributed by atoms with Crippen LogP contribution in [-0.2, 0) is 13.6 Å². The summed E-state index contributed by atoms with van der Waals surface area (Å²) >= 11 is 0. The molecule has 0 bridgehead atoms. The van der Waals surface area contributed by atoms with E-state index in [1.165, 1.54) is 6.07 Å². The summed E-state index contributed by atoms with van der Waals surface area (Å²) in [6.07, 6.45) is 5.19. The zero-order valence-corrected chi connectivity index (χ0v) is 14.5. The van der Waals surface area contributed by atoms with Crippen molar-refractivity contribution in [3.8, 4) is 0 Å². The van der Waals surface area contributed by atoms with Gasteiger partial charge in [-0.05, 0) is 6.07 Å². The molecule has 25 heavy (non-hydrogen) atoms. The van der Waals surface area contributed by atoms with Gasteiger partial charge in [-0.3, -0.25) is 19.2 Å². The number of hydrogen-bond acceptors (Lipinski definition) is 7. The van der Waals surface area contributed by atoms with Crippen LogP contribution in [0.1, 0.15) is 5.82 Å². The van der Waals surface area contributed by atoms with Gasteiger partial charge in [0.05, 0.1) is 6.54 Å². The van der Waals surface area contributed by atoms with Crippen LogP contribution in [0.4, 0.5) is 5.95 Å². The summed E-state index contributed by atoms with van der Waals surface area (Å²) in [5, 5.41) is 0. The van der Waals surface area contributed by atoms with Crippen LogP contribution >= 0.6 is 0 Å². The highest BCUT2D eigenvalue weighted by molar-refractivity contribution is 5.29. The molecule has 0 atom stereocenters. The molecule has 2 aromatic rings. The lowest BCUT2D eigenvalue weighted by molar-refractivity contribution is 0.0232. The summed E-state index contributed by atoms with van der Waals surface area (Å²) in [5.74, 6) is 1.66. The second-order valence-corrected chi connectivity index (χ2v) is 6.68. The van der Waals surface area contributed by atoms with Crippen molar-refractivity contribution in [2.45, 2.75) is 12.6 Å². The molecule has 0 N–H and O–H groups in total. The molecule has 2 aromatic heterocycles. The molecular weight excluding hydrogens is 318 g/mol. The lowest BCUT2D eigenvalue weighted by Crippen LogP contribution is -2.63. The van der Waals surface area contributed by atoms with Crippen molar-refractivity contribution >= 4 is 5.95 Å². The summed E-state index contributed by atoms with van der Waals surface area (Å²) in [6.45, 7) is 6.82. The van der Waals surface area contributed by atoms with Gasteiger partial charge in [-0.15, -0.1) is 0 Å². The molecule has 4 heterocycles. The van der Waals surface area contributed by atoms with Gasteiger partial charge >= 0.3 is 0 Å². The molecule has 8 heteroatoms. The lowest BCUT2D eigenvalue weighted by atomic mass is 10.1. The fraction of sp³-hybridized carbons (Fsp3) is 0.529. The van der Waals surface area contributed by atoms with Gasteiger partial charge in [0, 0.05) is 77.0 Å². The van der Waals surface area contributed by atoms with Gasteiger partial charge in [-0.25, -0.2) is 15.0 Å². The number of aromatic nitrogens is 4. The minimum Gasteiger partial charge on any atom is -0.338 e. The van der Waals surface area contributed by atoms with E-state index in [4.69, 9.17) is 0 Å². The van der Waals surface area contributed by atoms with E-state index in [0.717, 1.165) is 57.6 Å². The normalized spacial score (nSPS) is 19.8. The van der Waals surface area contributed by atoms with Gasteiger partial charge in [-0.1, -0.05) is 0 Å². The zero-order valence-electron chi connectivity index (χ0n) is 14.5. The van der Waals surface area contributed by atoms with Crippen molar-refractivity contribution < 1.29 is 0 Å². The molecular formula is C17H23N7O. The van der Waals surface area contributed by atoms with E-state index in [2.05, 4.69) is 29.7 Å². The number of hydrogen-bond donors (Lipinski definition) is 0. The van der Waals surface area contributed by atoms with Gasteiger partial charge in [0.1, 0.15) is 5.82 Å². The van der Waals surface area contributed by atoms with Gasteiger partial charge in [0.25, 0.3) is 5.56 Å². The third-order valence-corrected chi connectivity index (χ3v) is 5.13. The maximum Gasteiger partial charge on any atom is 0.253 e. The highest BCUT2D eigenvalue weighted by atomic mass is 16.1. The third kappa shape index (κ3) is 3.40. The molecule has 2 saturated heterocycles. The second kappa shape index (κ2) is 6.89. The van der Waals surface area contributed by atoms with Crippen LogP contribution in [0.15, 0.2) is 35.5 Å². The Balaban J connectivity index is 1.26. The van der Waals surface area contributed by atoms with E-state index in [-0.39, 0.29) is 5.56 Å². The summed E-state index contributed by atoms with van der Waals surface area (Å²) in [5.41, 5.74) is 0.00123. The summed E-state index contributed by atoms with van der Waals surface area (Å²) in [7, 11) is 1.78. The van der Waals surface area contributed by atoms with Crippen LogP contribution in [0, 0.1) is 0 Å². The maximum absolute atomic E-state index is 11.7. The van der Waals surface area contributed by atoms with Gasteiger partial charge in [0.2, 0.25) is 5.95 Å². The Labute approximate surface area is 146 Å². The predicted octanol–water partition coefficient (Wildman–Crippen LogP) is -0.423. The quantitative estimate of drug-likeness (QED) is 0.748. The highest BCUT2D eigenvalue weighted by Crippen LogP contribution is 2.19. The van der Waals surface area contributed by atoms with Gasteiger partial charge < -0.3 is 4.90 Å². The average molecular weight is 341 g/mol. The standard InChI is InChI=1S/C17H23N7O/c1-21-15(18-6-3-16(21)25)13-22-11-14(12-22)23-7-9-24(10-8-23)17-19-4-2-5-20-17/h2-6,14H,7-13H2,1H3. The molecule has 0 spiro atoms. The van der Waals surface area contributed by atoms with E-state index in [1.807, 2.05) is 6.07 Å². The average Bonchev–Trinajstić information content (AvgIpc) is 2.62. The van der Waals surface area contributed by atoms with E-state index >= 15 is 0 Å². The fourth-order valence-corrected chi connectivity index (χ4v) is 3.50. The lowest BCUT2D eigenvalue weighted by Gasteiger charge is -2.48. The first-order valence-electron chi connectivity index (χ1n) is 8.70. The van der Waals surface area contributed by atoms with E-state index in [9.17, 15) is 4.79 Å². The highest BCUT2D eigenvalue weighted by Gasteiger charge is 2.34. The smallest absolute Gasteiger partial charge is 0.253 e. The molecule has 0 aliphatic carbocycles. The van der Waals surface area contributed by atoms with Crippen LogP contribution in [0.3, 0.4) is 0 Å². The topological polar surface area (TPSA) is 70.4 Å². The molecule has 2 aliphatic heterocycles. The Morgan fingerprint density at radius 3 is 2.48 bits per heavy atom. The molecule has 8 nitrogen and oxygen atoms in total. The van der Waals surface area contributed by atoms with Crippen molar-refractivity contribution in [1.29, 1.82) is 0 Å². The van der Waals surface area contributed by atoms with Crippen LogP contribution in [0.5, 0.6) is 0 Å². The van der Waals surface area contributed by atoms with Crippen molar-refractivity contribution in [1.82, 2.24) is 29.3 Å². The first-order valence-corrected chi connectivity index (χ1v) is 8.70. The third-order valence-electron chi connectivity index (χ3n) is 5.13. The van der Waals surface area contributed by atoms with Crippen molar-refractivity contribution in [3.05, 3.63) is 46.9 Å². The number of likely N-dealkylation sites (tertiary alicyclic amines) is 1. The van der Waals surface area contributed by atoms with Crippen LogP contribution in [0.2, 0.25) is 0 Å². The molecule has 0 amide bonds. The summed E-state index contributed by atoms with van der Waals surface area (Å²) < 4.78 is 1.63. The van der Waals surface area contributed by atoms with Crippen LogP contribution in [0.25, 0.3) is 0 Å². The molecule has 4 rings (SSSR count). The molecule has 2 fully saturated rings. The van der Waals surface area contributed by atoms with E-state index in [1.54, 1.807) is 30.2 Å². The summed E-state index contributed by atoms with van der Waals surface area (Å²) in [6, 6.07) is 3.94. The first kappa shape index (κ1) is 16.2. The molecule has 0 saturated carbocycles. The minimum absolute atomic E-state index is 0.00123. The van der Waals surface area contributed by atoms with Crippen molar-refractivity contribution in [2.24, 2.45) is 7.05 Å². The summed E-state index contributed by atoms with van der Waals surface area (Å²) in [4.78, 5) is 31.8. The Bertz CT molecular complexity index is 764. The van der Waals surface area contributed by atoms with Crippen LogP contribution in [-0.4, -0.2) is 74.6 Å². The Hall–Kier alpha value is -2.32. The molecule has 0 radical (unpaired) electrons. The van der Waals surface area contributed by atoms with E-state index < -0.39 is 0 Å². The van der Waals surface area contributed by atoms with Gasteiger partial charge in [-0.2, -0.15) is 0 Å². The minimum atomic E-state index is 0.00123. The van der Waals surface area contributed by atoms with Crippen LogP contribution < -0.4 is 10.5 Å². The van der Waals surface area contributed by atoms with E-state index in [0.29, 0.717) is 6.04 Å². The molecule has 0 unspecified atom stereocenters. The first-order chi connectivity index (χ1) is 12.2. The Kier molecular flexibility index (Phi) is 4.46. The number of anilines is 1.